The van der Waals surface area contributed by atoms with Gasteiger partial charge in [-0.05, 0) is 58.4 Å². The maximum absolute atomic E-state index is 13.6. The van der Waals surface area contributed by atoms with Crippen molar-refractivity contribution in [1.29, 1.82) is 0 Å². The van der Waals surface area contributed by atoms with Gasteiger partial charge in [-0.2, -0.15) is 0 Å². The average Bonchev–Trinajstić information content (AvgIpc) is 2.86. The van der Waals surface area contributed by atoms with E-state index in [1.54, 1.807) is 12.3 Å². The highest BCUT2D eigenvalue weighted by molar-refractivity contribution is 6.62. The topological polar surface area (TPSA) is 86.8 Å². The number of aryl methyl sites for hydroxylation is 1. The van der Waals surface area contributed by atoms with Gasteiger partial charge in [-0.1, -0.05) is 12.1 Å². The molecule has 31 heavy (non-hydrogen) atoms. The van der Waals surface area contributed by atoms with Crippen LogP contribution in [0.3, 0.4) is 0 Å². The Kier molecular flexibility index (Phi) is 6.20. The summed E-state index contributed by atoms with van der Waals surface area (Å²) in [7, 11) is -0.580. The molecule has 2 heterocycles. The van der Waals surface area contributed by atoms with E-state index in [1.807, 2.05) is 34.6 Å². The lowest BCUT2D eigenvalue weighted by Crippen LogP contribution is -2.41. The zero-order chi connectivity index (χ0) is 23.0. The molecular formula is C22H26BFN2O5. The molecular weight excluding hydrogens is 402 g/mol. The van der Waals surface area contributed by atoms with Crippen LogP contribution in [0.15, 0.2) is 36.5 Å². The largest absolute Gasteiger partial charge is 0.496 e. The highest BCUT2D eigenvalue weighted by Crippen LogP contribution is 2.36. The quantitative estimate of drug-likeness (QED) is 0.582. The Morgan fingerprint density at radius 1 is 1.16 bits per heavy atom. The molecule has 1 saturated heterocycles. The lowest BCUT2D eigenvalue weighted by Gasteiger charge is -2.32. The summed E-state index contributed by atoms with van der Waals surface area (Å²) < 4.78 is 30.8. The van der Waals surface area contributed by atoms with Gasteiger partial charge < -0.3 is 19.4 Å². The van der Waals surface area contributed by atoms with E-state index >= 15 is 0 Å². The number of benzene rings is 1. The van der Waals surface area contributed by atoms with Crippen molar-refractivity contribution in [2.45, 2.75) is 58.8 Å². The van der Waals surface area contributed by atoms with Crippen LogP contribution in [0, 0.1) is 12.7 Å². The number of hydrogen-bond donors (Lipinski definition) is 1. The molecule has 2 aromatic rings. The number of pyridine rings is 1. The molecule has 164 valence electrons. The van der Waals surface area contributed by atoms with Crippen LogP contribution in [-0.4, -0.2) is 35.2 Å². The van der Waals surface area contributed by atoms with E-state index in [-0.39, 0.29) is 11.4 Å². The van der Waals surface area contributed by atoms with E-state index in [0.29, 0.717) is 0 Å². The molecule has 0 saturated carbocycles. The normalized spacial score (nSPS) is 17.8. The first-order valence-corrected chi connectivity index (χ1v) is 9.95. The third kappa shape index (κ3) is 4.94. The summed E-state index contributed by atoms with van der Waals surface area (Å²) in [4.78, 5) is 28.5. The number of nitrogens with zero attached hydrogens (tertiary/aromatic N) is 1. The molecule has 1 aliphatic rings. The summed E-state index contributed by atoms with van der Waals surface area (Å²) in [6.07, 6.45) is 0.272. The molecule has 1 N–H and O–H groups in total. The fourth-order valence-corrected chi connectivity index (χ4v) is 3.15. The number of esters is 1. The highest BCUT2D eigenvalue weighted by atomic mass is 19.1. The monoisotopic (exact) mass is 428 g/mol. The van der Waals surface area contributed by atoms with Gasteiger partial charge in [0, 0.05) is 24.1 Å². The van der Waals surface area contributed by atoms with Crippen molar-refractivity contribution in [3.63, 3.8) is 0 Å². The van der Waals surface area contributed by atoms with Crippen molar-refractivity contribution >= 4 is 30.3 Å². The van der Waals surface area contributed by atoms with Gasteiger partial charge in [-0.15, -0.1) is 0 Å². The van der Waals surface area contributed by atoms with Gasteiger partial charge in [0.05, 0.1) is 11.2 Å². The average molecular weight is 428 g/mol. The minimum atomic E-state index is -1.31. The first kappa shape index (κ1) is 22.9. The predicted molar refractivity (Wildman–Crippen MR) is 114 cm³/mol. The number of hydrogen-bond acceptors (Lipinski definition) is 6. The third-order valence-electron chi connectivity index (χ3n) is 5.58. The fourth-order valence-electron chi connectivity index (χ4n) is 3.15. The Bertz CT molecular complexity index is 995. The lowest BCUT2D eigenvalue weighted by molar-refractivity contribution is -0.152. The SMILES string of the molecule is CC(=O)OC(C(=O)Nc1cc(C)c(B2OC(C)(C)C(C)(C)O2)cn1)c1cccc(F)c1. The molecule has 1 amide bonds. The number of carbonyl (C=O) groups excluding carboxylic acids is 2. The zero-order valence-corrected chi connectivity index (χ0v) is 18.5. The van der Waals surface area contributed by atoms with E-state index in [9.17, 15) is 14.0 Å². The number of aromatic nitrogens is 1. The number of ether oxygens (including phenoxy) is 1. The lowest BCUT2D eigenvalue weighted by atomic mass is 9.77. The van der Waals surface area contributed by atoms with Crippen molar-refractivity contribution in [1.82, 2.24) is 4.98 Å². The molecule has 3 rings (SSSR count). The highest BCUT2D eigenvalue weighted by Gasteiger charge is 2.52. The second kappa shape index (κ2) is 8.40. The molecule has 0 bridgehead atoms. The van der Waals surface area contributed by atoms with Gasteiger partial charge in [0.2, 0.25) is 6.10 Å². The number of amides is 1. The van der Waals surface area contributed by atoms with Gasteiger partial charge in [-0.3, -0.25) is 9.59 Å². The van der Waals surface area contributed by atoms with Gasteiger partial charge in [0.25, 0.3) is 5.91 Å². The second-order valence-electron chi connectivity index (χ2n) is 8.55. The first-order valence-electron chi connectivity index (χ1n) is 9.95. The Labute approximate surface area is 181 Å². The third-order valence-corrected chi connectivity index (χ3v) is 5.58. The summed E-state index contributed by atoms with van der Waals surface area (Å²) >= 11 is 0. The second-order valence-corrected chi connectivity index (χ2v) is 8.55. The van der Waals surface area contributed by atoms with Crippen LogP contribution in [0.5, 0.6) is 0 Å². The number of anilines is 1. The van der Waals surface area contributed by atoms with Crippen molar-refractivity contribution in [3.05, 3.63) is 53.5 Å². The van der Waals surface area contributed by atoms with Crippen LogP contribution >= 0.6 is 0 Å². The number of rotatable bonds is 5. The van der Waals surface area contributed by atoms with Crippen LogP contribution in [0.4, 0.5) is 10.2 Å². The summed E-state index contributed by atoms with van der Waals surface area (Å²) in [5.41, 5.74) is 0.799. The summed E-state index contributed by atoms with van der Waals surface area (Å²) in [5, 5.41) is 2.63. The molecule has 1 aromatic carbocycles. The molecule has 0 radical (unpaired) electrons. The summed E-state index contributed by atoms with van der Waals surface area (Å²) in [6, 6.07) is 7.01. The Morgan fingerprint density at radius 3 is 2.35 bits per heavy atom. The van der Waals surface area contributed by atoms with E-state index in [2.05, 4.69) is 10.3 Å². The van der Waals surface area contributed by atoms with Crippen LogP contribution in [-0.2, 0) is 23.6 Å². The van der Waals surface area contributed by atoms with E-state index in [4.69, 9.17) is 14.0 Å². The zero-order valence-electron chi connectivity index (χ0n) is 18.5. The minimum absolute atomic E-state index is 0.221. The maximum atomic E-state index is 13.6. The molecule has 0 spiro atoms. The molecule has 1 aliphatic heterocycles. The van der Waals surface area contributed by atoms with E-state index in [0.717, 1.165) is 17.1 Å². The molecule has 7 nitrogen and oxygen atoms in total. The van der Waals surface area contributed by atoms with Crippen molar-refractivity contribution in [3.8, 4) is 0 Å². The molecule has 1 unspecified atom stereocenters. The fraction of sp³-hybridized carbons (Fsp3) is 0.409. The molecule has 1 aromatic heterocycles. The van der Waals surface area contributed by atoms with Crippen LogP contribution in [0.1, 0.15) is 51.8 Å². The standard InChI is InChI=1S/C22H26BFN2O5/c1-13-10-18(25-12-17(13)23-30-21(3,4)22(5,6)31-23)26-20(28)19(29-14(2)27)15-8-7-9-16(24)11-15/h7-12,19H,1-6H3,(H,25,26,28). The Hall–Kier alpha value is -2.78. The Morgan fingerprint density at radius 2 is 1.81 bits per heavy atom. The van der Waals surface area contributed by atoms with Gasteiger partial charge in [0.15, 0.2) is 0 Å². The Balaban J connectivity index is 1.80. The summed E-state index contributed by atoms with van der Waals surface area (Å²) in [5.74, 6) is -1.58. The first-order chi connectivity index (χ1) is 14.4. The smallest absolute Gasteiger partial charge is 0.447 e. The van der Waals surface area contributed by atoms with Crippen molar-refractivity contribution in [2.24, 2.45) is 0 Å². The minimum Gasteiger partial charge on any atom is -0.447 e. The van der Waals surface area contributed by atoms with Crippen molar-refractivity contribution in [2.75, 3.05) is 5.32 Å². The van der Waals surface area contributed by atoms with Gasteiger partial charge in [-0.25, -0.2) is 9.37 Å². The number of halogens is 1. The predicted octanol–water partition coefficient (Wildman–Crippen LogP) is 3.07. The van der Waals surface area contributed by atoms with Gasteiger partial charge >= 0.3 is 13.1 Å². The number of nitrogens with one attached hydrogen (secondary N) is 1. The van der Waals surface area contributed by atoms with E-state index in [1.165, 1.54) is 25.1 Å². The summed E-state index contributed by atoms with van der Waals surface area (Å²) in [6.45, 7) is 10.9. The van der Waals surface area contributed by atoms with Crippen molar-refractivity contribution < 1.29 is 28.0 Å². The van der Waals surface area contributed by atoms with Crippen LogP contribution in [0.25, 0.3) is 0 Å². The van der Waals surface area contributed by atoms with Crippen LogP contribution in [0.2, 0.25) is 0 Å². The van der Waals surface area contributed by atoms with Gasteiger partial charge in [0.1, 0.15) is 11.6 Å². The number of carbonyl (C=O) groups is 2. The van der Waals surface area contributed by atoms with E-state index < -0.39 is 42.1 Å². The molecule has 9 heteroatoms. The molecule has 1 atom stereocenters. The maximum Gasteiger partial charge on any atom is 0.496 e. The molecule has 0 aliphatic carbocycles. The van der Waals surface area contributed by atoms with Crippen LogP contribution < -0.4 is 10.8 Å². The molecule has 1 fully saturated rings.